The molecule has 1 aromatic heterocycles. The Labute approximate surface area is 155 Å². The SMILES string of the molecule is Cc1cc(C)c(-n2cc[n+](-c3c(C)cc(C)cc3C)c2)c(C)c1.[Br-]. The number of nitrogens with zero attached hydrogens (tertiary/aromatic N) is 2. The van der Waals surface area contributed by atoms with E-state index in [1.54, 1.807) is 0 Å². The van der Waals surface area contributed by atoms with Gasteiger partial charge in [0, 0.05) is 0 Å². The summed E-state index contributed by atoms with van der Waals surface area (Å²) in [5.74, 6) is 0. The molecule has 0 atom stereocenters. The van der Waals surface area contributed by atoms with Crippen LogP contribution in [-0.2, 0) is 0 Å². The second kappa shape index (κ2) is 6.94. The van der Waals surface area contributed by atoms with Gasteiger partial charge in [-0.2, -0.15) is 0 Å². The van der Waals surface area contributed by atoms with E-state index in [1.807, 2.05) is 0 Å². The summed E-state index contributed by atoms with van der Waals surface area (Å²) in [5.41, 5.74) is 10.4. The van der Waals surface area contributed by atoms with Crippen LogP contribution in [0.3, 0.4) is 0 Å². The zero-order valence-electron chi connectivity index (χ0n) is 15.3. The van der Waals surface area contributed by atoms with E-state index in [9.17, 15) is 0 Å². The van der Waals surface area contributed by atoms with Gasteiger partial charge in [0.05, 0.1) is 0 Å². The van der Waals surface area contributed by atoms with Crippen molar-refractivity contribution in [2.24, 2.45) is 0 Å². The molecule has 2 aromatic carbocycles. The number of hydrogen-bond donors (Lipinski definition) is 0. The summed E-state index contributed by atoms with van der Waals surface area (Å²) in [5, 5.41) is 0. The van der Waals surface area contributed by atoms with E-state index < -0.39 is 0 Å². The largest absolute Gasteiger partial charge is 1.00 e. The van der Waals surface area contributed by atoms with Crippen LogP contribution < -0.4 is 21.5 Å². The maximum absolute atomic E-state index is 2.25. The first-order valence-electron chi connectivity index (χ1n) is 8.12. The van der Waals surface area contributed by atoms with E-state index in [1.165, 1.54) is 44.8 Å². The second-order valence-corrected chi connectivity index (χ2v) is 6.72. The molecule has 3 aromatic rings. The van der Waals surface area contributed by atoms with Crippen molar-refractivity contribution < 1.29 is 21.5 Å². The molecule has 0 saturated carbocycles. The zero-order valence-corrected chi connectivity index (χ0v) is 16.9. The van der Waals surface area contributed by atoms with Gasteiger partial charge in [-0.3, -0.25) is 0 Å². The highest BCUT2D eigenvalue weighted by Gasteiger charge is 2.16. The molecule has 2 nitrogen and oxygen atoms in total. The Bertz CT molecular complexity index is 773. The zero-order chi connectivity index (χ0) is 16.7. The van der Waals surface area contributed by atoms with E-state index >= 15 is 0 Å². The maximum Gasteiger partial charge on any atom is 0.254 e. The highest BCUT2D eigenvalue weighted by atomic mass is 79.9. The fourth-order valence-electron chi connectivity index (χ4n) is 3.78. The van der Waals surface area contributed by atoms with Gasteiger partial charge < -0.3 is 17.0 Å². The molecule has 1 heterocycles. The lowest BCUT2D eigenvalue weighted by Gasteiger charge is -2.08. The second-order valence-electron chi connectivity index (χ2n) is 6.72. The molecule has 126 valence electrons. The van der Waals surface area contributed by atoms with Crippen LogP contribution in [0.4, 0.5) is 0 Å². The predicted molar refractivity (Wildman–Crippen MR) is 95.7 cm³/mol. The van der Waals surface area contributed by atoms with Gasteiger partial charge in [0.1, 0.15) is 23.8 Å². The topological polar surface area (TPSA) is 8.81 Å². The third-order valence-electron chi connectivity index (χ3n) is 4.42. The van der Waals surface area contributed by atoms with Crippen LogP contribution in [0.25, 0.3) is 11.4 Å². The lowest BCUT2D eigenvalue weighted by atomic mass is 10.0. The van der Waals surface area contributed by atoms with Crippen LogP contribution in [0.1, 0.15) is 33.4 Å². The Hall–Kier alpha value is -1.87. The van der Waals surface area contributed by atoms with Crippen molar-refractivity contribution in [1.29, 1.82) is 0 Å². The van der Waals surface area contributed by atoms with E-state index in [2.05, 4.69) is 93.7 Å². The summed E-state index contributed by atoms with van der Waals surface area (Å²) in [6, 6.07) is 8.98. The minimum Gasteiger partial charge on any atom is -1.00 e. The van der Waals surface area contributed by atoms with Crippen LogP contribution in [0.5, 0.6) is 0 Å². The van der Waals surface area contributed by atoms with Crippen LogP contribution in [0.15, 0.2) is 43.0 Å². The minimum atomic E-state index is 0. The summed E-state index contributed by atoms with van der Waals surface area (Å²) >= 11 is 0. The van der Waals surface area contributed by atoms with Crippen molar-refractivity contribution in [2.45, 2.75) is 41.5 Å². The monoisotopic (exact) mass is 384 g/mol. The molecule has 0 aliphatic rings. The number of imidazole rings is 1. The molecule has 0 spiro atoms. The number of aromatic nitrogens is 2. The Morgan fingerprint density at radius 3 is 1.67 bits per heavy atom. The lowest BCUT2D eigenvalue weighted by molar-refractivity contribution is -0.595. The van der Waals surface area contributed by atoms with Crippen molar-refractivity contribution in [2.75, 3.05) is 0 Å². The van der Waals surface area contributed by atoms with Gasteiger partial charge in [0.2, 0.25) is 0 Å². The van der Waals surface area contributed by atoms with Crippen LogP contribution in [-0.4, -0.2) is 4.57 Å². The Balaban J connectivity index is 0.00000208. The average Bonchev–Trinajstić information content (AvgIpc) is 2.85. The molecule has 24 heavy (non-hydrogen) atoms. The van der Waals surface area contributed by atoms with Gasteiger partial charge in [-0.1, -0.05) is 35.4 Å². The Morgan fingerprint density at radius 2 is 1.17 bits per heavy atom. The number of benzene rings is 2. The van der Waals surface area contributed by atoms with Gasteiger partial charge in [-0.25, -0.2) is 9.13 Å². The fraction of sp³-hybridized carbons (Fsp3) is 0.286. The fourth-order valence-corrected chi connectivity index (χ4v) is 3.78. The molecule has 0 radical (unpaired) electrons. The quantitative estimate of drug-likeness (QED) is 0.593. The van der Waals surface area contributed by atoms with Gasteiger partial charge in [0.15, 0.2) is 0 Å². The van der Waals surface area contributed by atoms with Crippen molar-refractivity contribution in [3.63, 3.8) is 0 Å². The molecule has 3 rings (SSSR count). The normalized spacial score (nSPS) is 10.6. The first kappa shape index (κ1) is 18.5. The summed E-state index contributed by atoms with van der Waals surface area (Å²) in [4.78, 5) is 0. The third-order valence-corrected chi connectivity index (χ3v) is 4.42. The molecule has 0 unspecified atom stereocenters. The summed E-state index contributed by atoms with van der Waals surface area (Å²) in [7, 11) is 0. The van der Waals surface area contributed by atoms with Gasteiger partial charge in [-0.15, -0.1) is 0 Å². The Morgan fingerprint density at radius 1 is 0.708 bits per heavy atom. The smallest absolute Gasteiger partial charge is 0.254 e. The summed E-state index contributed by atoms with van der Waals surface area (Å²) < 4.78 is 4.45. The number of hydrogen-bond acceptors (Lipinski definition) is 0. The molecule has 0 aliphatic carbocycles. The molecule has 0 bridgehead atoms. The number of halogens is 1. The standard InChI is InChI=1S/C21H25N2.BrH/c1-14-9-16(3)20(17(4)10-14)22-7-8-23(13-22)21-18(5)11-15(2)12-19(21)6;/h7-13H,1-6H3;1H/q+1;/p-1. The van der Waals surface area contributed by atoms with E-state index in [-0.39, 0.29) is 17.0 Å². The maximum atomic E-state index is 2.25. The molecule has 0 amide bonds. The molecule has 0 aliphatic heterocycles. The number of aryl methyl sites for hydroxylation is 6. The average molecular weight is 385 g/mol. The Kier molecular flexibility index (Phi) is 5.34. The van der Waals surface area contributed by atoms with Crippen LogP contribution in [0, 0.1) is 41.5 Å². The van der Waals surface area contributed by atoms with Crippen molar-refractivity contribution >= 4 is 0 Å². The molecule has 3 heteroatoms. The molecular weight excluding hydrogens is 360 g/mol. The van der Waals surface area contributed by atoms with Crippen molar-refractivity contribution in [3.05, 3.63) is 76.4 Å². The van der Waals surface area contributed by atoms with Gasteiger partial charge in [-0.05, 0) is 63.8 Å². The first-order valence-corrected chi connectivity index (χ1v) is 8.12. The third kappa shape index (κ3) is 3.32. The van der Waals surface area contributed by atoms with Crippen molar-refractivity contribution in [3.8, 4) is 11.4 Å². The first-order chi connectivity index (χ1) is 10.9. The predicted octanol–water partition coefficient (Wildman–Crippen LogP) is 1.61. The highest BCUT2D eigenvalue weighted by Crippen LogP contribution is 2.21. The molecule has 0 fully saturated rings. The van der Waals surface area contributed by atoms with Crippen LogP contribution >= 0.6 is 0 Å². The van der Waals surface area contributed by atoms with Crippen LogP contribution in [0.2, 0.25) is 0 Å². The number of rotatable bonds is 2. The molecular formula is C21H25BrN2. The molecule has 0 saturated heterocycles. The van der Waals surface area contributed by atoms with E-state index in [0.29, 0.717) is 0 Å². The summed E-state index contributed by atoms with van der Waals surface area (Å²) in [6.45, 7) is 13.0. The molecule has 0 N–H and O–H groups in total. The minimum absolute atomic E-state index is 0. The van der Waals surface area contributed by atoms with Gasteiger partial charge in [0.25, 0.3) is 6.33 Å². The lowest BCUT2D eigenvalue weighted by Crippen LogP contribution is -3.00. The van der Waals surface area contributed by atoms with E-state index in [4.69, 9.17) is 0 Å². The summed E-state index contributed by atoms with van der Waals surface area (Å²) in [6.07, 6.45) is 6.46. The van der Waals surface area contributed by atoms with E-state index in [0.717, 1.165) is 0 Å². The highest BCUT2D eigenvalue weighted by molar-refractivity contribution is 5.49. The van der Waals surface area contributed by atoms with Crippen molar-refractivity contribution in [1.82, 2.24) is 4.57 Å². The van der Waals surface area contributed by atoms with Gasteiger partial charge >= 0.3 is 0 Å².